The molecule has 0 amide bonds. The Balaban J connectivity index is 5.00. The lowest BCUT2D eigenvalue weighted by atomic mass is 10.1. The van der Waals surface area contributed by atoms with Gasteiger partial charge in [0, 0.05) is 0 Å². The molecule has 0 saturated carbocycles. The van der Waals surface area contributed by atoms with E-state index in [4.69, 9.17) is 0 Å². The van der Waals surface area contributed by atoms with Gasteiger partial charge in [0.2, 0.25) is 0 Å². The summed E-state index contributed by atoms with van der Waals surface area (Å²) in [6.07, 6.45) is -17.3. The minimum atomic E-state index is -5.99. The third kappa shape index (κ3) is 3.42. The first-order valence-corrected chi connectivity index (χ1v) is 3.55. The molecule has 16 heavy (non-hydrogen) atoms. The van der Waals surface area contributed by atoms with Gasteiger partial charge in [-0.3, -0.25) is 0 Å². The molecule has 10 heteroatoms. The summed E-state index contributed by atoms with van der Waals surface area (Å²) in [5.41, 5.74) is -4.84. The van der Waals surface area contributed by atoms with Crippen molar-refractivity contribution in [3.8, 4) is 0 Å². The minimum absolute atomic E-state index is 0.501. The van der Waals surface area contributed by atoms with Gasteiger partial charge in [-0.15, -0.1) is 0 Å². The van der Waals surface area contributed by atoms with Crippen LogP contribution in [0, 0.1) is 0 Å². The van der Waals surface area contributed by atoms with E-state index < -0.39 is 37.7 Å². The number of hydrogen-bond acceptors (Lipinski definition) is 1. The van der Waals surface area contributed by atoms with Crippen LogP contribution in [0.5, 0.6) is 0 Å². The molecule has 0 aromatic carbocycles. The molecule has 0 bridgehead atoms. The molecule has 0 radical (unpaired) electrons. The number of alkyl halides is 9. The Bertz CT molecular complexity index is 220. The highest BCUT2D eigenvalue weighted by molar-refractivity contribution is 4.91. The van der Waals surface area contributed by atoms with Gasteiger partial charge >= 0.3 is 18.5 Å². The fourth-order valence-electron chi connectivity index (χ4n) is 0.551. The summed E-state index contributed by atoms with van der Waals surface area (Å²) in [6, 6.07) is 0. The van der Waals surface area contributed by atoms with E-state index in [2.05, 4.69) is 4.74 Å². The lowest BCUT2D eigenvalue weighted by Gasteiger charge is -2.33. The van der Waals surface area contributed by atoms with Crippen molar-refractivity contribution in [2.45, 2.75) is 31.1 Å². The lowest BCUT2D eigenvalue weighted by Crippen LogP contribution is -2.57. The highest BCUT2D eigenvalue weighted by atomic mass is 19.4. The SMILES string of the molecule is CC(OCC(F)(F)F)(C(F)(F)F)C(F)(F)F. The van der Waals surface area contributed by atoms with Crippen molar-refractivity contribution in [2.75, 3.05) is 6.61 Å². The topological polar surface area (TPSA) is 9.23 Å². The quantitative estimate of drug-likeness (QED) is 0.694. The zero-order valence-electron chi connectivity index (χ0n) is 7.52. The van der Waals surface area contributed by atoms with E-state index in [1.165, 1.54) is 0 Å². The van der Waals surface area contributed by atoms with E-state index in [0.717, 1.165) is 0 Å². The third-order valence-corrected chi connectivity index (χ3v) is 1.61. The third-order valence-electron chi connectivity index (χ3n) is 1.61. The molecule has 0 aromatic heterocycles. The Morgan fingerprint density at radius 1 is 0.750 bits per heavy atom. The van der Waals surface area contributed by atoms with Crippen LogP contribution in [-0.4, -0.2) is 30.7 Å². The first-order valence-electron chi connectivity index (χ1n) is 3.55. The van der Waals surface area contributed by atoms with Crippen molar-refractivity contribution in [3.63, 3.8) is 0 Å². The molecule has 0 heterocycles. The van der Waals surface area contributed by atoms with Gasteiger partial charge in [-0.1, -0.05) is 0 Å². The summed E-state index contributed by atoms with van der Waals surface area (Å²) in [7, 11) is 0. The largest absolute Gasteiger partial charge is 0.426 e. The summed E-state index contributed by atoms with van der Waals surface area (Å²) >= 11 is 0. The zero-order valence-corrected chi connectivity index (χ0v) is 7.52. The van der Waals surface area contributed by atoms with Crippen molar-refractivity contribution < 1.29 is 44.3 Å². The van der Waals surface area contributed by atoms with Gasteiger partial charge < -0.3 is 4.74 Å². The standard InChI is InChI=1S/C6H5F9O/c1-3(5(10,11)12,6(13,14)15)16-2-4(7,8)9/h2H2,1H3. The van der Waals surface area contributed by atoms with Gasteiger partial charge in [-0.05, 0) is 6.92 Å². The molecule has 0 rings (SSSR count). The van der Waals surface area contributed by atoms with Crippen molar-refractivity contribution in [1.29, 1.82) is 0 Å². The van der Waals surface area contributed by atoms with E-state index in [9.17, 15) is 39.5 Å². The summed E-state index contributed by atoms with van der Waals surface area (Å²) in [5.74, 6) is 0. The Hall–Kier alpha value is -0.670. The van der Waals surface area contributed by atoms with Crippen molar-refractivity contribution in [1.82, 2.24) is 0 Å². The molecule has 0 N–H and O–H groups in total. The highest BCUT2D eigenvalue weighted by Crippen LogP contribution is 2.46. The first-order chi connectivity index (χ1) is 6.71. The predicted molar refractivity (Wildman–Crippen MR) is 32.5 cm³/mol. The molecule has 0 aromatic rings. The van der Waals surface area contributed by atoms with Crippen LogP contribution in [-0.2, 0) is 4.74 Å². The second-order valence-electron chi connectivity index (χ2n) is 2.93. The van der Waals surface area contributed by atoms with Gasteiger partial charge in [0.25, 0.3) is 5.60 Å². The Morgan fingerprint density at radius 3 is 1.25 bits per heavy atom. The number of hydrogen-bond donors (Lipinski definition) is 0. The van der Waals surface area contributed by atoms with E-state index in [-0.39, 0.29) is 0 Å². The normalized spacial score (nSPS) is 15.4. The van der Waals surface area contributed by atoms with Gasteiger partial charge in [0.05, 0.1) is 0 Å². The fraction of sp³-hybridized carbons (Fsp3) is 1.00. The van der Waals surface area contributed by atoms with Crippen LogP contribution in [0.15, 0.2) is 0 Å². The molecule has 98 valence electrons. The number of rotatable bonds is 2. The van der Waals surface area contributed by atoms with Crippen LogP contribution < -0.4 is 0 Å². The zero-order chi connectivity index (χ0) is 13.4. The Morgan fingerprint density at radius 2 is 1.06 bits per heavy atom. The van der Waals surface area contributed by atoms with E-state index in [1.807, 2.05) is 0 Å². The smallest absolute Gasteiger partial charge is 0.349 e. The Kier molecular flexibility index (Phi) is 3.80. The maximum atomic E-state index is 12.0. The molecular weight excluding hydrogens is 259 g/mol. The van der Waals surface area contributed by atoms with Crippen LogP contribution in [0.1, 0.15) is 6.92 Å². The van der Waals surface area contributed by atoms with Crippen LogP contribution in [0.3, 0.4) is 0 Å². The number of ether oxygens (including phenoxy) is 1. The lowest BCUT2D eigenvalue weighted by molar-refractivity contribution is -0.385. The molecule has 0 atom stereocenters. The van der Waals surface area contributed by atoms with Crippen molar-refractivity contribution in [3.05, 3.63) is 0 Å². The van der Waals surface area contributed by atoms with Gasteiger partial charge in [0.15, 0.2) is 0 Å². The maximum Gasteiger partial charge on any atom is 0.426 e. The predicted octanol–water partition coefficient (Wildman–Crippen LogP) is 3.45. The molecular formula is C6H5F9O. The first kappa shape index (κ1) is 15.3. The number of halogens is 9. The van der Waals surface area contributed by atoms with E-state index >= 15 is 0 Å². The maximum absolute atomic E-state index is 12.0. The van der Waals surface area contributed by atoms with E-state index in [1.54, 1.807) is 0 Å². The molecule has 1 nitrogen and oxygen atoms in total. The Labute approximate surface area is 83.2 Å². The molecule has 0 unspecified atom stereocenters. The van der Waals surface area contributed by atoms with Gasteiger partial charge in [-0.2, -0.15) is 39.5 Å². The van der Waals surface area contributed by atoms with Crippen molar-refractivity contribution in [2.24, 2.45) is 0 Å². The second-order valence-corrected chi connectivity index (χ2v) is 2.93. The van der Waals surface area contributed by atoms with Crippen LogP contribution in [0.25, 0.3) is 0 Å². The molecule has 0 spiro atoms. The average Bonchev–Trinajstić information content (AvgIpc) is 1.93. The molecule has 0 aliphatic rings. The molecule has 0 saturated heterocycles. The highest BCUT2D eigenvalue weighted by Gasteiger charge is 2.69. The van der Waals surface area contributed by atoms with Crippen LogP contribution in [0.4, 0.5) is 39.5 Å². The summed E-state index contributed by atoms with van der Waals surface area (Å²) < 4.78 is 109. The van der Waals surface area contributed by atoms with Crippen molar-refractivity contribution >= 4 is 0 Å². The fourth-order valence-corrected chi connectivity index (χ4v) is 0.551. The molecule has 0 aliphatic heterocycles. The van der Waals surface area contributed by atoms with Gasteiger partial charge in [-0.25, -0.2) is 0 Å². The monoisotopic (exact) mass is 264 g/mol. The molecule has 0 fully saturated rings. The van der Waals surface area contributed by atoms with E-state index in [0.29, 0.717) is 0 Å². The van der Waals surface area contributed by atoms with Gasteiger partial charge in [0.1, 0.15) is 6.61 Å². The minimum Gasteiger partial charge on any atom is -0.349 e. The summed E-state index contributed by atoms with van der Waals surface area (Å²) in [5, 5.41) is 0. The average molecular weight is 264 g/mol. The molecule has 0 aliphatic carbocycles. The second kappa shape index (κ2) is 3.97. The van der Waals surface area contributed by atoms with Crippen LogP contribution in [0.2, 0.25) is 0 Å². The summed E-state index contributed by atoms with van der Waals surface area (Å²) in [4.78, 5) is 0. The van der Waals surface area contributed by atoms with Crippen LogP contribution >= 0.6 is 0 Å². The summed E-state index contributed by atoms with van der Waals surface area (Å²) in [6.45, 7) is -3.14.